The Morgan fingerprint density at radius 2 is 1.74 bits per heavy atom. The molecule has 0 heterocycles. The molecule has 1 rings (SSSR count). The average Bonchev–Trinajstić information content (AvgIpc) is 2.75. The molecule has 0 radical (unpaired) electrons. The quantitative estimate of drug-likeness (QED) is 0.790. The van der Waals surface area contributed by atoms with Gasteiger partial charge in [0.2, 0.25) is 0 Å². The highest BCUT2D eigenvalue weighted by molar-refractivity contribution is 5.83. The van der Waals surface area contributed by atoms with Gasteiger partial charge in [0, 0.05) is 0 Å². The Morgan fingerprint density at radius 3 is 2.16 bits per heavy atom. The fourth-order valence-corrected chi connectivity index (χ4v) is 2.44. The third kappa shape index (κ3) is 4.20. The van der Waals surface area contributed by atoms with Crippen LogP contribution in [0, 0.1) is 0 Å². The second-order valence-electron chi connectivity index (χ2n) is 6.18. The van der Waals surface area contributed by atoms with Crippen molar-refractivity contribution in [1.29, 1.82) is 0 Å². The normalized spacial score (nSPS) is 19.8. The smallest absolute Gasteiger partial charge is 0.326 e. The van der Waals surface area contributed by atoms with Crippen LogP contribution in [0.25, 0.3) is 0 Å². The molecule has 0 bridgehead atoms. The summed E-state index contributed by atoms with van der Waals surface area (Å²) in [6.45, 7) is 7.19. The maximum atomic E-state index is 12.0. The maximum absolute atomic E-state index is 12.0. The van der Waals surface area contributed by atoms with Gasteiger partial charge >= 0.3 is 11.9 Å². The maximum Gasteiger partial charge on any atom is 0.326 e. The molecule has 1 unspecified atom stereocenters. The van der Waals surface area contributed by atoms with Crippen LogP contribution in [0.15, 0.2) is 0 Å². The lowest BCUT2D eigenvalue weighted by Crippen LogP contribution is -2.56. The molecule has 1 saturated carbocycles. The summed E-state index contributed by atoms with van der Waals surface area (Å²) >= 11 is 0. The van der Waals surface area contributed by atoms with E-state index in [1.165, 1.54) is 7.11 Å². The standard InChI is InChI=1S/C14H25NO4/c1-10(11(16)19-13(2,3)4)15-14(12(17)18-5)8-6-7-9-14/h10,15H,6-9H2,1-5H3. The first-order valence-corrected chi connectivity index (χ1v) is 6.79. The summed E-state index contributed by atoms with van der Waals surface area (Å²) in [4.78, 5) is 23.9. The summed E-state index contributed by atoms with van der Waals surface area (Å²) < 4.78 is 10.2. The lowest BCUT2D eigenvalue weighted by atomic mass is 9.96. The highest BCUT2D eigenvalue weighted by Crippen LogP contribution is 2.31. The van der Waals surface area contributed by atoms with Crippen molar-refractivity contribution in [1.82, 2.24) is 5.32 Å². The summed E-state index contributed by atoms with van der Waals surface area (Å²) in [6, 6.07) is -0.531. The zero-order valence-electron chi connectivity index (χ0n) is 12.5. The number of esters is 2. The van der Waals surface area contributed by atoms with Crippen molar-refractivity contribution in [2.75, 3.05) is 7.11 Å². The number of nitrogens with one attached hydrogen (secondary N) is 1. The van der Waals surface area contributed by atoms with E-state index in [1.807, 2.05) is 20.8 Å². The molecule has 0 amide bonds. The Bertz CT molecular complexity index is 340. The molecule has 1 N–H and O–H groups in total. The van der Waals surface area contributed by atoms with Crippen LogP contribution in [0.2, 0.25) is 0 Å². The van der Waals surface area contributed by atoms with Crippen LogP contribution in [0.1, 0.15) is 53.4 Å². The van der Waals surface area contributed by atoms with Crippen LogP contribution in [-0.2, 0) is 19.1 Å². The zero-order chi connectivity index (χ0) is 14.7. The third-order valence-corrected chi connectivity index (χ3v) is 3.29. The molecule has 5 heteroatoms. The Kier molecular flexibility index (Phi) is 4.96. The van der Waals surface area contributed by atoms with Gasteiger partial charge in [-0.05, 0) is 40.5 Å². The Labute approximate surface area is 115 Å². The molecule has 0 spiro atoms. The van der Waals surface area contributed by atoms with Gasteiger partial charge in [0.15, 0.2) is 0 Å². The molecule has 0 aromatic rings. The van der Waals surface area contributed by atoms with E-state index in [4.69, 9.17) is 9.47 Å². The molecule has 1 aliphatic carbocycles. The van der Waals surface area contributed by atoms with Crippen LogP contribution in [-0.4, -0.2) is 36.2 Å². The number of carbonyl (C=O) groups excluding carboxylic acids is 2. The number of ether oxygens (including phenoxy) is 2. The summed E-state index contributed by atoms with van der Waals surface area (Å²) in [5.41, 5.74) is -1.26. The van der Waals surface area contributed by atoms with Crippen LogP contribution in [0.3, 0.4) is 0 Å². The molecule has 1 atom stereocenters. The molecular weight excluding hydrogens is 246 g/mol. The van der Waals surface area contributed by atoms with Crippen LogP contribution >= 0.6 is 0 Å². The first-order valence-electron chi connectivity index (χ1n) is 6.79. The summed E-state index contributed by atoms with van der Waals surface area (Å²) in [6.07, 6.45) is 3.33. The Balaban J connectivity index is 2.70. The number of carbonyl (C=O) groups is 2. The van der Waals surface area contributed by atoms with Crippen molar-refractivity contribution in [2.24, 2.45) is 0 Å². The van der Waals surface area contributed by atoms with E-state index in [1.54, 1.807) is 6.92 Å². The minimum atomic E-state index is -0.731. The molecule has 0 aromatic heterocycles. The number of hydrogen-bond acceptors (Lipinski definition) is 5. The molecule has 5 nitrogen and oxygen atoms in total. The lowest BCUT2D eigenvalue weighted by Gasteiger charge is -2.31. The van der Waals surface area contributed by atoms with Crippen molar-refractivity contribution < 1.29 is 19.1 Å². The molecule has 110 valence electrons. The zero-order valence-corrected chi connectivity index (χ0v) is 12.5. The molecule has 1 aliphatic rings. The molecule has 0 saturated heterocycles. The van der Waals surface area contributed by atoms with Crippen molar-refractivity contribution >= 4 is 11.9 Å². The molecule has 19 heavy (non-hydrogen) atoms. The number of methoxy groups -OCH3 is 1. The summed E-state index contributed by atoms with van der Waals surface area (Å²) in [5, 5.41) is 3.12. The first kappa shape index (κ1) is 16.0. The summed E-state index contributed by atoms with van der Waals surface area (Å²) in [5.74, 6) is -0.636. The van der Waals surface area contributed by atoms with Crippen molar-refractivity contribution in [2.45, 2.75) is 70.6 Å². The van der Waals surface area contributed by atoms with Gasteiger partial charge < -0.3 is 9.47 Å². The van der Waals surface area contributed by atoms with Crippen LogP contribution in [0.4, 0.5) is 0 Å². The van der Waals surface area contributed by atoms with Crippen LogP contribution < -0.4 is 5.32 Å². The van der Waals surface area contributed by atoms with Crippen molar-refractivity contribution in [3.8, 4) is 0 Å². The Hall–Kier alpha value is -1.10. The topological polar surface area (TPSA) is 64.6 Å². The highest BCUT2D eigenvalue weighted by Gasteiger charge is 2.44. The van der Waals surface area contributed by atoms with E-state index in [0.29, 0.717) is 12.8 Å². The van der Waals surface area contributed by atoms with Gasteiger partial charge in [0.05, 0.1) is 7.11 Å². The van der Waals surface area contributed by atoms with Gasteiger partial charge in [-0.2, -0.15) is 0 Å². The molecule has 0 aromatic carbocycles. The minimum absolute atomic E-state index is 0.291. The SMILES string of the molecule is COC(=O)C1(NC(C)C(=O)OC(C)(C)C)CCCC1. The fourth-order valence-electron chi connectivity index (χ4n) is 2.44. The van der Waals surface area contributed by atoms with Crippen molar-refractivity contribution in [3.05, 3.63) is 0 Å². The van der Waals surface area contributed by atoms with E-state index in [2.05, 4.69) is 5.32 Å². The van der Waals surface area contributed by atoms with E-state index in [0.717, 1.165) is 12.8 Å². The molecule has 0 aliphatic heterocycles. The van der Waals surface area contributed by atoms with Gasteiger partial charge in [-0.15, -0.1) is 0 Å². The predicted molar refractivity (Wildman–Crippen MR) is 71.7 cm³/mol. The third-order valence-electron chi connectivity index (χ3n) is 3.29. The molecule has 1 fully saturated rings. The van der Waals surface area contributed by atoms with E-state index < -0.39 is 17.2 Å². The highest BCUT2D eigenvalue weighted by atomic mass is 16.6. The van der Waals surface area contributed by atoms with Gasteiger partial charge in [0.1, 0.15) is 17.2 Å². The van der Waals surface area contributed by atoms with Gasteiger partial charge in [0.25, 0.3) is 0 Å². The number of rotatable bonds is 4. The number of hydrogen-bond donors (Lipinski definition) is 1. The van der Waals surface area contributed by atoms with E-state index in [9.17, 15) is 9.59 Å². The van der Waals surface area contributed by atoms with E-state index in [-0.39, 0.29) is 11.9 Å². The average molecular weight is 271 g/mol. The van der Waals surface area contributed by atoms with Crippen molar-refractivity contribution in [3.63, 3.8) is 0 Å². The largest absolute Gasteiger partial charge is 0.468 e. The first-order chi connectivity index (χ1) is 8.70. The lowest BCUT2D eigenvalue weighted by molar-refractivity contribution is -0.159. The Morgan fingerprint density at radius 1 is 1.21 bits per heavy atom. The van der Waals surface area contributed by atoms with Crippen LogP contribution in [0.5, 0.6) is 0 Å². The minimum Gasteiger partial charge on any atom is -0.468 e. The van der Waals surface area contributed by atoms with Gasteiger partial charge in [-0.1, -0.05) is 12.8 Å². The van der Waals surface area contributed by atoms with Gasteiger partial charge in [-0.25, -0.2) is 0 Å². The van der Waals surface area contributed by atoms with Gasteiger partial charge in [-0.3, -0.25) is 14.9 Å². The predicted octanol–water partition coefficient (Wildman–Crippen LogP) is 1.79. The second-order valence-corrected chi connectivity index (χ2v) is 6.18. The summed E-state index contributed by atoms with van der Waals surface area (Å²) in [7, 11) is 1.38. The molecular formula is C14H25NO4. The van der Waals surface area contributed by atoms with E-state index >= 15 is 0 Å². The monoisotopic (exact) mass is 271 g/mol. The second kappa shape index (κ2) is 5.90. The fraction of sp³-hybridized carbons (Fsp3) is 0.857.